The molecule has 0 aliphatic rings. The summed E-state index contributed by atoms with van der Waals surface area (Å²) in [6, 6.07) is 12.4. The Bertz CT molecular complexity index is 730. The van der Waals surface area contributed by atoms with Gasteiger partial charge in [-0.05, 0) is 52.2 Å². The molecule has 0 aromatic heterocycles. The zero-order valence-electron chi connectivity index (χ0n) is 10.7. The smallest absolute Gasteiger partial charge is 0.263 e. The summed E-state index contributed by atoms with van der Waals surface area (Å²) < 4.78 is 28.8. The van der Waals surface area contributed by atoms with Crippen LogP contribution < -0.4 is 4.72 Å². The summed E-state index contributed by atoms with van der Waals surface area (Å²) in [7, 11) is -3.63. The average molecular weight is 419 g/mol. The molecule has 0 aliphatic heterocycles. The molecular weight excluding hydrogens is 406 g/mol. The van der Waals surface area contributed by atoms with E-state index in [-0.39, 0.29) is 4.90 Å². The van der Waals surface area contributed by atoms with Crippen LogP contribution in [0.4, 0.5) is 5.69 Å². The number of hydrogen-bond acceptors (Lipinski definition) is 2. The number of benzene rings is 2. The van der Waals surface area contributed by atoms with E-state index in [0.29, 0.717) is 14.6 Å². The Hall–Kier alpha value is -0.850. The topological polar surface area (TPSA) is 46.2 Å². The summed E-state index contributed by atoms with van der Waals surface area (Å²) in [5.74, 6) is 0. The summed E-state index contributed by atoms with van der Waals surface area (Å²) in [5, 5.41) is 0. The lowest BCUT2D eigenvalue weighted by Gasteiger charge is -2.12. The predicted octanol–water partition coefficient (Wildman–Crippen LogP) is 4.57. The van der Waals surface area contributed by atoms with Gasteiger partial charge in [-0.1, -0.05) is 41.1 Å². The van der Waals surface area contributed by atoms with Crippen LogP contribution in [0.5, 0.6) is 0 Å². The van der Waals surface area contributed by atoms with Crippen molar-refractivity contribution in [3.05, 3.63) is 57.0 Å². The average Bonchev–Trinajstić information content (AvgIpc) is 2.41. The second kappa shape index (κ2) is 6.28. The van der Waals surface area contributed by atoms with Crippen molar-refractivity contribution in [1.29, 1.82) is 0 Å². The quantitative estimate of drug-likeness (QED) is 0.789. The second-order valence-corrected chi connectivity index (χ2v) is 7.61. The summed E-state index contributed by atoms with van der Waals surface area (Å²) in [5.41, 5.74) is 1.57. The molecule has 0 atom stereocenters. The lowest BCUT2D eigenvalue weighted by molar-refractivity contribution is 0.600. The number of aryl methyl sites for hydroxylation is 1. The first-order chi connectivity index (χ1) is 9.44. The predicted molar refractivity (Wildman–Crippen MR) is 88.5 cm³/mol. The normalized spacial score (nSPS) is 11.3. The molecule has 20 heavy (non-hydrogen) atoms. The van der Waals surface area contributed by atoms with Gasteiger partial charge >= 0.3 is 0 Å². The molecule has 0 aliphatic carbocycles. The van der Waals surface area contributed by atoms with Gasteiger partial charge in [0.05, 0.1) is 5.69 Å². The second-order valence-electron chi connectivity index (χ2n) is 4.19. The SMILES string of the molecule is CCc1ccccc1NS(=O)(=O)c1cc(Br)ccc1Br. The van der Waals surface area contributed by atoms with Crippen molar-refractivity contribution in [3.63, 3.8) is 0 Å². The molecule has 3 nitrogen and oxygen atoms in total. The highest BCUT2D eigenvalue weighted by Gasteiger charge is 2.19. The van der Waals surface area contributed by atoms with Gasteiger partial charge in [-0.3, -0.25) is 4.72 Å². The van der Waals surface area contributed by atoms with E-state index in [1.165, 1.54) is 0 Å². The maximum absolute atomic E-state index is 12.5. The Morgan fingerprint density at radius 1 is 1.10 bits per heavy atom. The van der Waals surface area contributed by atoms with Gasteiger partial charge in [-0.25, -0.2) is 8.42 Å². The molecule has 0 spiro atoms. The lowest BCUT2D eigenvalue weighted by atomic mass is 10.1. The molecule has 0 saturated heterocycles. The molecular formula is C14H13Br2NO2S. The number of nitrogens with one attached hydrogen (secondary N) is 1. The van der Waals surface area contributed by atoms with Crippen molar-refractivity contribution in [2.75, 3.05) is 4.72 Å². The first kappa shape index (κ1) is 15.5. The molecule has 2 aromatic carbocycles. The number of anilines is 1. The van der Waals surface area contributed by atoms with Crippen LogP contribution in [0.1, 0.15) is 12.5 Å². The first-order valence-electron chi connectivity index (χ1n) is 6.00. The van der Waals surface area contributed by atoms with E-state index in [2.05, 4.69) is 36.6 Å². The third-order valence-electron chi connectivity index (χ3n) is 2.83. The largest absolute Gasteiger partial charge is 0.279 e. The van der Waals surface area contributed by atoms with Crippen molar-refractivity contribution in [2.24, 2.45) is 0 Å². The van der Waals surface area contributed by atoms with E-state index in [0.717, 1.165) is 12.0 Å². The maximum Gasteiger partial charge on any atom is 0.263 e. The zero-order valence-corrected chi connectivity index (χ0v) is 14.7. The molecule has 6 heteroatoms. The lowest BCUT2D eigenvalue weighted by Crippen LogP contribution is -2.14. The summed E-state index contributed by atoms with van der Waals surface area (Å²) in [6.07, 6.45) is 0.762. The molecule has 0 saturated carbocycles. The minimum Gasteiger partial charge on any atom is -0.279 e. The van der Waals surface area contributed by atoms with Gasteiger partial charge in [0.15, 0.2) is 0 Å². The van der Waals surface area contributed by atoms with Gasteiger partial charge < -0.3 is 0 Å². The standard InChI is InChI=1S/C14H13Br2NO2S/c1-2-10-5-3-4-6-13(10)17-20(18,19)14-9-11(15)7-8-12(14)16/h3-9,17H,2H2,1H3. The number of para-hydroxylation sites is 1. The number of sulfonamides is 1. The van der Waals surface area contributed by atoms with Crippen LogP contribution >= 0.6 is 31.9 Å². The monoisotopic (exact) mass is 417 g/mol. The Labute approximate surface area is 135 Å². The third kappa shape index (κ3) is 3.42. The van der Waals surface area contributed by atoms with Gasteiger partial charge in [0.2, 0.25) is 0 Å². The van der Waals surface area contributed by atoms with Crippen LogP contribution in [0.2, 0.25) is 0 Å². The van der Waals surface area contributed by atoms with Crippen LogP contribution in [0.3, 0.4) is 0 Å². The van der Waals surface area contributed by atoms with E-state index in [4.69, 9.17) is 0 Å². The molecule has 2 aromatic rings. The number of hydrogen-bond donors (Lipinski definition) is 1. The Morgan fingerprint density at radius 2 is 1.80 bits per heavy atom. The molecule has 0 heterocycles. The van der Waals surface area contributed by atoms with Gasteiger partial charge in [0.1, 0.15) is 4.90 Å². The molecule has 0 amide bonds. The fourth-order valence-corrected chi connectivity index (χ4v) is 4.42. The highest BCUT2D eigenvalue weighted by atomic mass is 79.9. The van der Waals surface area contributed by atoms with Crippen LogP contribution in [0, 0.1) is 0 Å². The van der Waals surface area contributed by atoms with Gasteiger partial charge in [0.25, 0.3) is 10.0 Å². The highest BCUT2D eigenvalue weighted by Crippen LogP contribution is 2.28. The summed E-state index contributed by atoms with van der Waals surface area (Å²) in [6.45, 7) is 1.99. The molecule has 2 rings (SSSR count). The zero-order chi connectivity index (χ0) is 14.8. The number of rotatable bonds is 4. The Kier molecular flexibility index (Phi) is 4.88. The van der Waals surface area contributed by atoms with E-state index < -0.39 is 10.0 Å². The molecule has 0 bridgehead atoms. The summed E-state index contributed by atoms with van der Waals surface area (Å²) >= 11 is 6.56. The summed E-state index contributed by atoms with van der Waals surface area (Å²) in [4.78, 5) is 0.206. The van der Waals surface area contributed by atoms with Crippen molar-refractivity contribution >= 4 is 47.6 Å². The van der Waals surface area contributed by atoms with E-state index in [9.17, 15) is 8.42 Å². The minimum atomic E-state index is -3.63. The molecule has 0 unspecified atom stereocenters. The Balaban J connectivity index is 2.43. The van der Waals surface area contributed by atoms with Crippen molar-refractivity contribution in [1.82, 2.24) is 0 Å². The Morgan fingerprint density at radius 3 is 2.50 bits per heavy atom. The van der Waals surface area contributed by atoms with Crippen molar-refractivity contribution in [2.45, 2.75) is 18.2 Å². The fourth-order valence-electron chi connectivity index (χ4n) is 1.81. The van der Waals surface area contributed by atoms with Crippen molar-refractivity contribution in [3.8, 4) is 0 Å². The van der Waals surface area contributed by atoms with Crippen LogP contribution in [0.25, 0.3) is 0 Å². The molecule has 1 N–H and O–H groups in total. The van der Waals surface area contributed by atoms with E-state index >= 15 is 0 Å². The fraction of sp³-hybridized carbons (Fsp3) is 0.143. The molecule has 0 radical (unpaired) electrons. The molecule has 0 fully saturated rings. The van der Waals surface area contributed by atoms with Gasteiger partial charge in [-0.15, -0.1) is 0 Å². The van der Waals surface area contributed by atoms with Crippen LogP contribution in [-0.2, 0) is 16.4 Å². The van der Waals surface area contributed by atoms with Crippen LogP contribution in [0.15, 0.2) is 56.3 Å². The maximum atomic E-state index is 12.5. The van der Waals surface area contributed by atoms with Gasteiger partial charge in [0, 0.05) is 8.95 Å². The van der Waals surface area contributed by atoms with E-state index in [1.54, 1.807) is 24.3 Å². The van der Waals surface area contributed by atoms with Gasteiger partial charge in [-0.2, -0.15) is 0 Å². The number of halogens is 2. The minimum absolute atomic E-state index is 0.206. The van der Waals surface area contributed by atoms with E-state index in [1.807, 2.05) is 25.1 Å². The highest BCUT2D eigenvalue weighted by molar-refractivity contribution is 9.11. The third-order valence-corrected chi connectivity index (χ3v) is 5.68. The first-order valence-corrected chi connectivity index (χ1v) is 9.06. The molecule has 106 valence electrons. The van der Waals surface area contributed by atoms with Crippen molar-refractivity contribution < 1.29 is 8.42 Å². The van der Waals surface area contributed by atoms with Crippen LogP contribution in [-0.4, -0.2) is 8.42 Å².